The van der Waals surface area contributed by atoms with Gasteiger partial charge in [0.2, 0.25) is 0 Å². The van der Waals surface area contributed by atoms with E-state index >= 15 is 0 Å². The van der Waals surface area contributed by atoms with Gasteiger partial charge in [0, 0.05) is 6.07 Å². The third kappa shape index (κ3) is 2.92. The molecular formula is C14H13NO4S. The third-order valence-electron chi connectivity index (χ3n) is 2.65. The number of rotatable bonds is 4. The first-order chi connectivity index (χ1) is 9.42. The Bertz CT molecular complexity index is 736. The first-order valence-corrected chi connectivity index (χ1v) is 7.18. The highest BCUT2D eigenvalue weighted by molar-refractivity contribution is 7.92. The number of hydrogen-bond donors (Lipinski definition) is 3. The summed E-state index contributed by atoms with van der Waals surface area (Å²) in [6.45, 7) is 3.59. The molecular weight excluding hydrogens is 278 g/mol. The molecule has 0 aliphatic heterocycles. The summed E-state index contributed by atoms with van der Waals surface area (Å²) in [5.41, 5.74) is 0.710. The monoisotopic (exact) mass is 291 g/mol. The van der Waals surface area contributed by atoms with E-state index < -0.39 is 10.0 Å². The number of sulfonamides is 1. The Labute approximate surface area is 116 Å². The summed E-state index contributed by atoms with van der Waals surface area (Å²) in [5.74, 6) is -0.420. The molecule has 0 radical (unpaired) electrons. The Balaban J connectivity index is 2.35. The lowest BCUT2D eigenvalue weighted by molar-refractivity contribution is 0.462. The SMILES string of the molecule is C=Cc1ccc(S(=O)(=O)Nc2cc(O)ccc2O)cc1. The fourth-order valence-electron chi connectivity index (χ4n) is 1.59. The number of hydrogen-bond acceptors (Lipinski definition) is 4. The highest BCUT2D eigenvalue weighted by Crippen LogP contribution is 2.29. The van der Waals surface area contributed by atoms with Crippen molar-refractivity contribution in [2.24, 2.45) is 0 Å². The molecule has 0 saturated heterocycles. The quantitative estimate of drug-likeness (QED) is 0.597. The molecule has 6 heteroatoms. The normalized spacial score (nSPS) is 11.0. The lowest BCUT2D eigenvalue weighted by atomic mass is 10.2. The highest BCUT2D eigenvalue weighted by atomic mass is 32.2. The molecule has 0 amide bonds. The maximum atomic E-state index is 12.1. The number of aromatic hydroxyl groups is 2. The van der Waals surface area contributed by atoms with Gasteiger partial charge in [-0.1, -0.05) is 24.8 Å². The molecule has 2 aromatic carbocycles. The Morgan fingerprint density at radius 3 is 2.30 bits per heavy atom. The fourth-order valence-corrected chi connectivity index (χ4v) is 2.66. The van der Waals surface area contributed by atoms with Crippen molar-refractivity contribution in [2.45, 2.75) is 4.90 Å². The smallest absolute Gasteiger partial charge is 0.262 e. The van der Waals surface area contributed by atoms with Gasteiger partial charge in [0.1, 0.15) is 11.5 Å². The number of benzene rings is 2. The van der Waals surface area contributed by atoms with Gasteiger partial charge in [-0.05, 0) is 29.8 Å². The van der Waals surface area contributed by atoms with E-state index in [9.17, 15) is 18.6 Å². The molecule has 0 aliphatic carbocycles. The van der Waals surface area contributed by atoms with Crippen molar-refractivity contribution in [2.75, 3.05) is 4.72 Å². The summed E-state index contributed by atoms with van der Waals surface area (Å²) in [5, 5.41) is 18.9. The molecule has 0 aliphatic rings. The lowest BCUT2D eigenvalue weighted by Crippen LogP contribution is -2.12. The van der Waals surface area contributed by atoms with Crippen molar-refractivity contribution >= 4 is 21.8 Å². The Morgan fingerprint density at radius 1 is 1.05 bits per heavy atom. The fraction of sp³-hybridized carbons (Fsp3) is 0. The van der Waals surface area contributed by atoms with Crippen LogP contribution in [0.2, 0.25) is 0 Å². The number of nitrogens with one attached hydrogen (secondary N) is 1. The average molecular weight is 291 g/mol. The van der Waals surface area contributed by atoms with Crippen LogP contribution in [-0.2, 0) is 10.0 Å². The van der Waals surface area contributed by atoms with Crippen LogP contribution in [0.4, 0.5) is 5.69 Å². The van der Waals surface area contributed by atoms with E-state index in [0.29, 0.717) is 0 Å². The molecule has 0 aromatic heterocycles. The van der Waals surface area contributed by atoms with Crippen LogP contribution in [0.25, 0.3) is 6.08 Å². The van der Waals surface area contributed by atoms with E-state index in [1.165, 1.54) is 24.3 Å². The van der Waals surface area contributed by atoms with E-state index in [4.69, 9.17) is 0 Å². The zero-order valence-electron chi connectivity index (χ0n) is 10.4. The molecule has 0 spiro atoms. The van der Waals surface area contributed by atoms with Crippen molar-refractivity contribution in [3.8, 4) is 11.5 Å². The van der Waals surface area contributed by atoms with Gasteiger partial charge in [-0.2, -0.15) is 0 Å². The first-order valence-electron chi connectivity index (χ1n) is 5.70. The minimum Gasteiger partial charge on any atom is -0.508 e. The largest absolute Gasteiger partial charge is 0.508 e. The molecule has 5 nitrogen and oxygen atoms in total. The van der Waals surface area contributed by atoms with Crippen LogP contribution in [0.5, 0.6) is 11.5 Å². The van der Waals surface area contributed by atoms with Gasteiger partial charge in [0.05, 0.1) is 10.6 Å². The zero-order valence-corrected chi connectivity index (χ0v) is 11.3. The molecule has 104 valence electrons. The highest BCUT2D eigenvalue weighted by Gasteiger charge is 2.16. The molecule has 2 rings (SSSR count). The number of phenolic OH excluding ortho intramolecular Hbond substituents is 2. The van der Waals surface area contributed by atoms with Crippen molar-refractivity contribution < 1.29 is 18.6 Å². The lowest BCUT2D eigenvalue weighted by Gasteiger charge is -2.10. The molecule has 3 N–H and O–H groups in total. The zero-order chi connectivity index (χ0) is 14.8. The van der Waals surface area contributed by atoms with E-state index in [2.05, 4.69) is 11.3 Å². The average Bonchev–Trinajstić information content (AvgIpc) is 2.43. The maximum Gasteiger partial charge on any atom is 0.262 e. The van der Waals surface area contributed by atoms with Gasteiger partial charge < -0.3 is 10.2 Å². The van der Waals surface area contributed by atoms with Gasteiger partial charge in [-0.25, -0.2) is 8.42 Å². The number of anilines is 1. The van der Waals surface area contributed by atoms with Crippen LogP contribution in [-0.4, -0.2) is 18.6 Å². The molecule has 20 heavy (non-hydrogen) atoms. The predicted octanol–water partition coefficient (Wildman–Crippen LogP) is 2.54. The van der Waals surface area contributed by atoms with Gasteiger partial charge in [-0.3, -0.25) is 4.72 Å². The van der Waals surface area contributed by atoms with Crippen LogP contribution in [0.3, 0.4) is 0 Å². The molecule has 0 bridgehead atoms. The molecule has 0 fully saturated rings. The van der Waals surface area contributed by atoms with E-state index in [0.717, 1.165) is 11.6 Å². The Kier molecular flexibility index (Phi) is 3.67. The first kappa shape index (κ1) is 14.0. The van der Waals surface area contributed by atoms with E-state index in [1.807, 2.05) is 0 Å². The minimum atomic E-state index is -3.83. The van der Waals surface area contributed by atoms with Gasteiger partial charge in [0.15, 0.2) is 0 Å². The molecule has 0 heterocycles. The number of phenols is 2. The Hall–Kier alpha value is -2.47. The van der Waals surface area contributed by atoms with Crippen molar-refractivity contribution in [3.63, 3.8) is 0 Å². The minimum absolute atomic E-state index is 0.0471. The summed E-state index contributed by atoms with van der Waals surface area (Å²) in [7, 11) is -3.83. The van der Waals surface area contributed by atoms with Crippen LogP contribution in [0, 0.1) is 0 Å². The van der Waals surface area contributed by atoms with Crippen LogP contribution >= 0.6 is 0 Å². The maximum absolute atomic E-state index is 12.1. The predicted molar refractivity (Wildman–Crippen MR) is 77.1 cm³/mol. The van der Waals surface area contributed by atoms with E-state index in [-0.39, 0.29) is 22.1 Å². The second-order valence-corrected chi connectivity index (χ2v) is 5.76. The van der Waals surface area contributed by atoms with Gasteiger partial charge >= 0.3 is 0 Å². The summed E-state index contributed by atoms with van der Waals surface area (Å²) in [4.78, 5) is 0.0471. The van der Waals surface area contributed by atoms with Gasteiger partial charge in [0.25, 0.3) is 10.0 Å². The second-order valence-electron chi connectivity index (χ2n) is 4.08. The summed E-state index contributed by atoms with van der Waals surface area (Å²) in [6, 6.07) is 9.68. The van der Waals surface area contributed by atoms with Gasteiger partial charge in [-0.15, -0.1) is 0 Å². The molecule has 0 unspecified atom stereocenters. The van der Waals surface area contributed by atoms with Crippen LogP contribution < -0.4 is 4.72 Å². The second kappa shape index (κ2) is 5.26. The van der Waals surface area contributed by atoms with Crippen LogP contribution in [0.1, 0.15) is 5.56 Å². The Morgan fingerprint density at radius 2 is 1.70 bits per heavy atom. The van der Waals surface area contributed by atoms with E-state index in [1.54, 1.807) is 18.2 Å². The van der Waals surface area contributed by atoms with Crippen molar-refractivity contribution in [3.05, 3.63) is 54.6 Å². The molecule has 2 aromatic rings. The topological polar surface area (TPSA) is 86.6 Å². The third-order valence-corrected chi connectivity index (χ3v) is 4.03. The summed E-state index contributed by atoms with van der Waals surface area (Å²) in [6.07, 6.45) is 1.60. The van der Waals surface area contributed by atoms with Crippen LogP contribution in [0.15, 0.2) is 53.9 Å². The molecule has 0 saturated carbocycles. The summed E-state index contributed by atoms with van der Waals surface area (Å²) >= 11 is 0. The molecule has 0 atom stereocenters. The van der Waals surface area contributed by atoms with Crippen molar-refractivity contribution in [1.29, 1.82) is 0 Å². The summed E-state index contributed by atoms with van der Waals surface area (Å²) < 4.78 is 26.5. The standard InChI is InChI=1S/C14H13NO4S/c1-2-10-3-6-12(7-4-10)20(18,19)15-13-9-11(16)5-8-14(13)17/h2-9,15-17H,1H2. The van der Waals surface area contributed by atoms with Crippen molar-refractivity contribution in [1.82, 2.24) is 0 Å².